The van der Waals surface area contributed by atoms with Gasteiger partial charge >= 0.3 is 0 Å². The Morgan fingerprint density at radius 3 is 2.32 bits per heavy atom. The number of hydrogen-bond acceptors (Lipinski definition) is 3. The third-order valence-electron chi connectivity index (χ3n) is 3.92. The molecule has 1 saturated carbocycles. The lowest BCUT2D eigenvalue weighted by atomic mass is 9.95. The van der Waals surface area contributed by atoms with E-state index in [0.29, 0.717) is 10.7 Å². The first-order chi connectivity index (χ1) is 10.7. The molecule has 0 bridgehead atoms. The summed E-state index contributed by atoms with van der Waals surface area (Å²) in [7, 11) is 0. The predicted octanol–water partition coefficient (Wildman–Crippen LogP) is 5.04. The number of carbonyl (C=O) groups is 1. The minimum absolute atomic E-state index is 0.251. The summed E-state index contributed by atoms with van der Waals surface area (Å²) < 4.78 is 5.78. The Labute approximate surface area is 138 Å². The van der Waals surface area contributed by atoms with Gasteiger partial charge in [-0.25, -0.2) is 0 Å². The van der Waals surface area contributed by atoms with Gasteiger partial charge in [0.15, 0.2) is 10.4 Å². The number of halogens is 1. The highest BCUT2D eigenvalue weighted by Gasteiger charge is 2.13. The van der Waals surface area contributed by atoms with E-state index in [0.717, 1.165) is 11.4 Å². The summed E-state index contributed by atoms with van der Waals surface area (Å²) in [6.07, 6.45) is 6.46. The van der Waals surface area contributed by atoms with Crippen molar-refractivity contribution in [2.45, 2.75) is 38.1 Å². The van der Waals surface area contributed by atoms with E-state index in [4.69, 9.17) is 4.42 Å². The molecular formula is C17H19BrN2O2. The Bertz CT molecular complexity index is 630. The Kier molecular flexibility index (Phi) is 4.83. The van der Waals surface area contributed by atoms with Crippen molar-refractivity contribution >= 4 is 33.2 Å². The quantitative estimate of drug-likeness (QED) is 0.800. The molecule has 1 aromatic heterocycles. The molecule has 1 aliphatic carbocycles. The van der Waals surface area contributed by atoms with E-state index >= 15 is 0 Å². The number of nitrogens with one attached hydrogen (secondary N) is 2. The molecule has 1 amide bonds. The van der Waals surface area contributed by atoms with Crippen molar-refractivity contribution in [2.24, 2.45) is 0 Å². The second-order valence-electron chi connectivity index (χ2n) is 5.61. The Balaban J connectivity index is 1.58. The lowest BCUT2D eigenvalue weighted by molar-refractivity contribution is 0.0995. The third kappa shape index (κ3) is 3.91. The van der Waals surface area contributed by atoms with E-state index in [1.54, 1.807) is 12.1 Å². The van der Waals surface area contributed by atoms with Gasteiger partial charge in [-0.3, -0.25) is 4.79 Å². The zero-order valence-electron chi connectivity index (χ0n) is 12.3. The standard InChI is InChI=1S/C17H19BrN2O2/c18-16-11-10-15(22-16)17(21)20-14-8-6-13(7-9-14)19-12-4-2-1-3-5-12/h6-12,19H,1-5H2,(H,20,21). The number of benzene rings is 1. The van der Waals surface area contributed by atoms with Gasteiger partial charge < -0.3 is 15.1 Å². The minimum atomic E-state index is -0.251. The van der Waals surface area contributed by atoms with E-state index in [1.165, 1.54) is 32.1 Å². The SMILES string of the molecule is O=C(Nc1ccc(NC2CCCCC2)cc1)c1ccc(Br)o1. The van der Waals surface area contributed by atoms with Crippen LogP contribution in [0.5, 0.6) is 0 Å². The maximum Gasteiger partial charge on any atom is 0.291 e. The van der Waals surface area contributed by atoms with E-state index in [2.05, 4.69) is 26.6 Å². The fourth-order valence-electron chi connectivity index (χ4n) is 2.76. The van der Waals surface area contributed by atoms with Gasteiger partial charge in [-0.2, -0.15) is 0 Å². The molecule has 3 rings (SSSR count). The summed E-state index contributed by atoms with van der Waals surface area (Å²) in [6, 6.07) is 11.7. The molecule has 1 fully saturated rings. The van der Waals surface area contributed by atoms with Gasteiger partial charge in [0.2, 0.25) is 0 Å². The molecule has 1 aliphatic rings. The van der Waals surface area contributed by atoms with Gasteiger partial charge in [0.1, 0.15) is 0 Å². The van der Waals surface area contributed by atoms with Gasteiger partial charge in [0, 0.05) is 17.4 Å². The molecule has 22 heavy (non-hydrogen) atoms. The van der Waals surface area contributed by atoms with Crippen LogP contribution < -0.4 is 10.6 Å². The van der Waals surface area contributed by atoms with Crippen molar-refractivity contribution in [2.75, 3.05) is 10.6 Å². The van der Waals surface area contributed by atoms with Crippen LogP contribution in [0, 0.1) is 0 Å². The highest BCUT2D eigenvalue weighted by molar-refractivity contribution is 9.10. The van der Waals surface area contributed by atoms with Crippen LogP contribution in [0.25, 0.3) is 0 Å². The summed E-state index contributed by atoms with van der Waals surface area (Å²) in [5.74, 6) is 0.0370. The molecular weight excluding hydrogens is 344 g/mol. The van der Waals surface area contributed by atoms with Crippen LogP contribution >= 0.6 is 15.9 Å². The topological polar surface area (TPSA) is 54.3 Å². The molecule has 0 atom stereocenters. The van der Waals surface area contributed by atoms with Gasteiger partial charge in [-0.1, -0.05) is 19.3 Å². The van der Waals surface area contributed by atoms with Crippen molar-refractivity contribution < 1.29 is 9.21 Å². The summed E-state index contributed by atoms with van der Waals surface area (Å²) in [6.45, 7) is 0. The molecule has 1 aromatic carbocycles. The van der Waals surface area contributed by atoms with Gasteiger partial charge in [-0.05, 0) is 65.2 Å². The van der Waals surface area contributed by atoms with E-state index in [1.807, 2.05) is 24.3 Å². The maximum atomic E-state index is 12.0. The normalized spacial score (nSPS) is 15.5. The second kappa shape index (κ2) is 7.01. The van der Waals surface area contributed by atoms with Crippen LogP contribution in [0.1, 0.15) is 42.7 Å². The fraction of sp³-hybridized carbons (Fsp3) is 0.353. The number of hydrogen-bond donors (Lipinski definition) is 2. The molecule has 0 aliphatic heterocycles. The molecule has 0 spiro atoms. The molecule has 4 nitrogen and oxygen atoms in total. The Hall–Kier alpha value is -1.75. The van der Waals surface area contributed by atoms with Gasteiger partial charge in [0.05, 0.1) is 0 Å². The van der Waals surface area contributed by atoms with Crippen LogP contribution in [0.4, 0.5) is 11.4 Å². The largest absolute Gasteiger partial charge is 0.444 e. The van der Waals surface area contributed by atoms with Crippen LogP contribution in [0.2, 0.25) is 0 Å². The Morgan fingerprint density at radius 2 is 1.68 bits per heavy atom. The van der Waals surface area contributed by atoms with Gasteiger partial charge in [0.25, 0.3) is 5.91 Å². The van der Waals surface area contributed by atoms with E-state index < -0.39 is 0 Å². The molecule has 2 aromatic rings. The lowest BCUT2D eigenvalue weighted by Crippen LogP contribution is -2.22. The number of rotatable bonds is 4. The molecule has 116 valence electrons. The fourth-order valence-corrected chi connectivity index (χ4v) is 3.07. The molecule has 2 N–H and O–H groups in total. The van der Waals surface area contributed by atoms with Gasteiger partial charge in [-0.15, -0.1) is 0 Å². The number of carbonyl (C=O) groups excluding carboxylic acids is 1. The first-order valence-corrected chi connectivity index (χ1v) is 8.43. The maximum absolute atomic E-state index is 12.0. The number of furan rings is 1. The highest BCUT2D eigenvalue weighted by atomic mass is 79.9. The zero-order valence-corrected chi connectivity index (χ0v) is 13.9. The molecule has 5 heteroatoms. The summed E-state index contributed by atoms with van der Waals surface area (Å²) >= 11 is 3.19. The first kappa shape index (κ1) is 15.2. The molecule has 0 saturated heterocycles. The average molecular weight is 363 g/mol. The van der Waals surface area contributed by atoms with Crippen molar-refractivity contribution in [1.82, 2.24) is 0 Å². The molecule has 0 unspecified atom stereocenters. The van der Waals surface area contributed by atoms with Crippen LogP contribution in [-0.2, 0) is 0 Å². The summed E-state index contributed by atoms with van der Waals surface area (Å²) in [5.41, 5.74) is 1.86. The van der Waals surface area contributed by atoms with Crippen molar-refractivity contribution in [3.63, 3.8) is 0 Å². The summed E-state index contributed by atoms with van der Waals surface area (Å²) in [4.78, 5) is 12.0. The monoisotopic (exact) mass is 362 g/mol. The zero-order chi connectivity index (χ0) is 15.4. The van der Waals surface area contributed by atoms with Crippen molar-refractivity contribution in [3.05, 3.63) is 46.8 Å². The molecule has 1 heterocycles. The van der Waals surface area contributed by atoms with Crippen LogP contribution in [-0.4, -0.2) is 11.9 Å². The molecule has 0 radical (unpaired) electrons. The van der Waals surface area contributed by atoms with Crippen molar-refractivity contribution in [1.29, 1.82) is 0 Å². The van der Waals surface area contributed by atoms with Crippen molar-refractivity contribution in [3.8, 4) is 0 Å². The van der Waals surface area contributed by atoms with Crippen LogP contribution in [0.15, 0.2) is 45.5 Å². The van der Waals surface area contributed by atoms with E-state index in [9.17, 15) is 4.79 Å². The average Bonchev–Trinajstić information content (AvgIpc) is 2.97. The van der Waals surface area contributed by atoms with Crippen LogP contribution in [0.3, 0.4) is 0 Å². The number of anilines is 2. The predicted molar refractivity (Wildman–Crippen MR) is 91.3 cm³/mol. The number of amides is 1. The lowest BCUT2D eigenvalue weighted by Gasteiger charge is -2.23. The highest BCUT2D eigenvalue weighted by Crippen LogP contribution is 2.23. The third-order valence-corrected chi connectivity index (χ3v) is 4.34. The first-order valence-electron chi connectivity index (χ1n) is 7.64. The van der Waals surface area contributed by atoms with E-state index in [-0.39, 0.29) is 11.7 Å². The smallest absolute Gasteiger partial charge is 0.291 e. The second-order valence-corrected chi connectivity index (χ2v) is 6.40. The summed E-state index contributed by atoms with van der Waals surface area (Å²) in [5, 5.41) is 6.38. The Morgan fingerprint density at radius 1 is 1.00 bits per heavy atom. The minimum Gasteiger partial charge on any atom is -0.444 e.